The van der Waals surface area contributed by atoms with Crippen LogP contribution in [-0.4, -0.2) is 36.0 Å². The molecule has 1 rings (SSSR count). The number of hydrogen-bond acceptors (Lipinski definition) is 4. The van der Waals surface area contributed by atoms with Crippen LogP contribution >= 0.6 is 0 Å². The highest BCUT2D eigenvalue weighted by molar-refractivity contribution is 7.86. The van der Waals surface area contributed by atoms with Gasteiger partial charge in [-0.05, 0) is 65.7 Å². The van der Waals surface area contributed by atoms with Crippen molar-refractivity contribution >= 4 is 16.2 Å². The molecule has 7 heteroatoms. The molecule has 124 valence electrons. The second kappa shape index (κ2) is 6.96. The molecule has 0 bridgehead atoms. The molecule has 1 amide bonds. The molecule has 1 aliphatic rings. The van der Waals surface area contributed by atoms with Gasteiger partial charge < -0.3 is 10.1 Å². The van der Waals surface area contributed by atoms with Gasteiger partial charge in [0.15, 0.2) is 0 Å². The maximum Gasteiger partial charge on any atom is 0.407 e. The molecule has 2 N–H and O–H groups in total. The maximum absolute atomic E-state index is 11.7. The number of carbonyl (C=O) groups is 1. The summed E-state index contributed by atoms with van der Waals surface area (Å²) in [5.74, 6) is 0.276. The lowest BCUT2D eigenvalue weighted by Crippen LogP contribution is -2.41. The molecule has 21 heavy (non-hydrogen) atoms. The smallest absolute Gasteiger partial charge is 0.407 e. The first-order chi connectivity index (χ1) is 9.47. The van der Waals surface area contributed by atoms with Crippen LogP contribution in [0.2, 0.25) is 0 Å². The standard InChI is InChI=1S/C14H27NO5S/c1-10(21(17,18)19)9-11-5-7-12(8-6-11)15-13(16)20-14(2,3)4/h10-12H,5-9H2,1-4H3,(H,15,16)(H,17,18,19). The summed E-state index contributed by atoms with van der Waals surface area (Å²) in [7, 11) is -3.94. The van der Waals surface area contributed by atoms with Crippen molar-refractivity contribution in [2.45, 2.75) is 76.7 Å². The highest BCUT2D eigenvalue weighted by Gasteiger charge is 2.28. The van der Waals surface area contributed by atoms with E-state index >= 15 is 0 Å². The lowest BCUT2D eigenvalue weighted by molar-refractivity contribution is 0.0487. The van der Waals surface area contributed by atoms with Gasteiger partial charge >= 0.3 is 6.09 Å². The van der Waals surface area contributed by atoms with Gasteiger partial charge in [-0.2, -0.15) is 8.42 Å². The number of hydrogen-bond donors (Lipinski definition) is 2. The Morgan fingerprint density at radius 1 is 1.29 bits per heavy atom. The van der Waals surface area contributed by atoms with Gasteiger partial charge in [0.05, 0.1) is 5.25 Å². The topological polar surface area (TPSA) is 92.7 Å². The van der Waals surface area contributed by atoms with Crippen LogP contribution in [0, 0.1) is 5.92 Å². The van der Waals surface area contributed by atoms with Crippen molar-refractivity contribution in [3.63, 3.8) is 0 Å². The Kier molecular flexibility index (Phi) is 6.04. The summed E-state index contributed by atoms with van der Waals surface area (Å²) in [4.78, 5) is 11.7. The van der Waals surface area contributed by atoms with Crippen molar-refractivity contribution in [1.29, 1.82) is 0 Å². The molecule has 1 atom stereocenters. The highest BCUT2D eigenvalue weighted by Crippen LogP contribution is 2.29. The van der Waals surface area contributed by atoms with Crippen LogP contribution in [-0.2, 0) is 14.9 Å². The highest BCUT2D eigenvalue weighted by atomic mass is 32.2. The minimum atomic E-state index is -3.94. The van der Waals surface area contributed by atoms with Crippen LogP contribution in [0.3, 0.4) is 0 Å². The van der Waals surface area contributed by atoms with Gasteiger partial charge in [0.2, 0.25) is 0 Å². The summed E-state index contributed by atoms with van der Waals surface area (Å²) in [6.07, 6.45) is 3.38. The molecular weight excluding hydrogens is 294 g/mol. The van der Waals surface area contributed by atoms with E-state index in [1.165, 1.54) is 6.92 Å². The van der Waals surface area contributed by atoms with Crippen molar-refractivity contribution in [2.24, 2.45) is 5.92 Å². The van der Waals surface area contributed by atoms with E-state index in [9.17, 15) is 13.2 Å². The third-order valence-electron chi connectivity index (χ3n) is 3.74. The van der Waals surface area contributed by atoms with E-state index in [1.807, 2.05) is 20.8 Å². The summed E-state index contributed by atoms with van der Waals surface area (Å²) in [6, 6.07) is 0.0807. The lowest BCUT2D eigenvalue weighted by atomic mass is 9.83. The Bertz CT molecular complexity index is 446. The first kappa shape index (κ1) is 18.2. The third kappa shape index (κ3) is 7.13. The Morgan fingerprint density at radius 3 is 2.24 bits per heavy atom. The van der Waals surface area contributed by atoms with Crippen molar-refractivity contribution < 1.29 is 22.5 Å². The van der Waals surface area contributed by atoms with Gasteiger partial charge in [-0.1, -0.05) is 0 Å². The van der Waals surface area contributed by atoms with E-state index in [2.05, 4.69) is 5.32 Å². The third-order valence-corrected chi connectivity index (χ3v) is 4.95. The fraction of sp³-hybridized carbons (Fsp3) is 0.929. The molecule has 1 fully saturated rings. The zero-order valence-electron chi connectivity index (χ0n) is 13.3. The molecule has 0 heterocycles. The number of alkyl carbamates (subject to hydrolysis) is 1. The monoisotopic (exact) mass is 321 g/mol. The molecule has 6 nitrogen and oxygen atoms in total. The maximum atomic E-state index is 11.7. The van der Waals surface area contributed by atoms with Crippen molar-refractivity contribution in [3.8, 4) is 0 Å². The molecule has 0 saturated heterocycles. The van der Waals surface area contributed by atoms with E-state index in [-0.39, 0.29) is 12.0 Å². The molecule has 1 aliphatic carbocycles. The van der Waals surface area contributed by atoms with Crippen molar-refractivity contribution in [1.82, 2.24) is 5.32 Å². The Hall–Kier alpha value is -0.820. The second-order valence-corrected chi connectivity index (χ2v) is 8.76. The first-order valence-electron chi connectivity index (χ1n) is 7.43. The average Bonchev–Trinajstić information content (AvgIpc) is 2.27. The fourth-order valence-corrected chi connectivity index (χ4v) is 3.12. The van der Waals surface area contributed by atoms with E-state index in [0.717, 1.165) is 25.7 Å². The van der Waals surface area contributed by atoms with Crippen LogP contribution in [0.4, 0.5) is 4.79 Å². The first-order valence-corrected chi connectivity index (χ1v) is 8.93. The molecule has 1 unspecified atom stereocenters. The summed E-state index contributed by atoms with van der Waals surface area (Å²) in [5.41, 5.74) is -0.508. The zero-order chi connectivity index (χ0) is 16.3. The van der Waals surface area contributed by atoms with Crippen molar-refractivity contribution in [2.75, 3.05) is 0 Å². The van der Waals surface area contributed by atoms with Crippen LogP contribution in [0.25, 0.3) is 0 Å². The summed E-state index contributed by atoms with van der Waals surface area (Å²) >= 11 is 0. The normalized spacial score (nSPS) is 25.2. The number of amides is 1. The molecule has 0 aromatic rings. The largest absolute Gasteiger partial charge is 0.444 e. The summed E-state index contributed by atoms with van der Waals surface area (Å²) in [6.45, 7) is 6.99. The van der Waals surface area contributed by atoms with Crippen LogP contribution in [0.1, 0.15) is 59.8 Å². The molecule has 0 spiro atoms. The Labute approximate surface area is 127 Å². The number of nitrogens with one attached hydrogen (secondary N) is 1. The quantitative estimate of drug-likeness (QED) is 0.777. The second-order valence-electron chi connectivity index (χ2n) is 6.93. The predicted octanol–water partition coefficient (Wildman–Crippen LogP) is 2.74. The summed E-state index contributed by atoms with van der Waals surface area (Å²) < 4.78 is 36.3. The summed E-state index contributed by atoms with van der Waals surface area (Å²) in [5, 5.41) is 2.13. The minimum absolute atomic E-state index is 0.0807. The molecule has 0 aromatic carbocycles. The molecular formula is C14H27NO5S. The van der Waals surface area contributed by atoms with Gasteiger partial charge in [-0.3, -0.25) is 4.55 Å². The van der Waals surface area contributed by atoms with Gasteiger partial charge in [-0.15, -0.1) is 0 Å². The number of rotatable bonds is 4. The van der Waals surface area contributed by atoms with Gasteiger partial charge in [0.1, 0.15) is 5.60 Å². The number of ether oxygens (including phenoxy) is 1. The van der Waals surface area contributed by atoms with E-state index in [4.69, 9.17) is 9.29 Å². The fourth-order valence-electron chi connectivity index (χ4n) is 2.61. The van der Waals surface area contributed by atoms with Gasteiger partial charge in [0.25, 0.3) is 10.1 Å². The predicted molar refractivity (Wildman–Crippen MR) is 80.7 cm³/mol. The van der Waals surface area contributed by atoms with E-state index in [0.29, 0.717) is 6.42 Å². The Morgan fingerprint density at radius 2 is 1.81 bits per heavy atom. The van der Waals surface area contributed by atoms with Crippen LogP contribution in [0.5, 0.6) is 0 Å². The molecule has 0 radical (unpaired) electrons. The zero-order valence-corrected chi connectivity index (χ0v) is 14.1. The van der Waals surface area contributed by atoms with E-state index in [1.54, 1.807) is 0 Å². The SMILES string of the molecule is CC(CC1CCC(NC(=O)OC(C)(C)C)CC1)S(=O)(=O)O. The van der Waals surface area contributed by atoms with Crippen molar-refractivity contribution in [3.05, 3.63) is 0 Å². The van der Waals surface area contributed by atoms with Crippen LogP contribution in [0.15, 0.2) is 0 Å². The van der Waals surface area contributed by atoms with Gasteiger partial charge in [0, 0.05) is 6.04 Å². The van der Waals surface area contributed by atoms with Gasteiger partial charge in [-0.25, -0.2) is 4.79 Å². The molecule has 0 aromatic heterocycles. The minimum Gasteiger partial charge on any atom is -0.444 e. The Balaban J connectivity index is 2.34. The van der Waals surface area contributed by atoms with E-state index < -0.39 is 27.1 Å². The average molecular weight is 321 g/mol. The van der Waals surface area contributed by atoms with Crippen LogP contribution < -0.4 is 5.32 Å². The molecule has 0 aliphatic heterocycles. The molecule has 1 saturated carbocycles. The number of carbonyl (C=O) groups excluding carboxylic acids is 1. The lowest BCUT2D eigenvalue weighted by Gasteiger charge is -2.30.